The first kappa shape index (κ1) is 20.6. The number of thiocarbonyl (C=S) groups is 1. The van der Waals surface area contributed by atoms with E-state index in [2.05, 4.69) is 32.3 Å². The number of likely N-dealkylation sites (N-methyl/N-ethyl adjacent to an activating group) is 1. The van der Waals surface area contributed by atoms with Crippen LogP contribution < -0.4 is 5.32 Å². The molecule has 0 spiro atoms. The number of rotatable bonds is 9. The van der Waals surface area contributed by atoms with Crippen molar-refractivity contribution in [3.8, 4) is 0 Å². The summed E-state index contributed by atoms with van der Waals surface area (Å²) in [7, 11) is 1.87. The maximum absolute atomic E-state index is 12.7. The van der Waals surface area contributed by atoms with Crippen LogP contribution in [0.5, 0.6) is 0 Å². The van der Waals surface area contributed by atoms with Crippen LogP contribution in [-0.4, -0.2) is 28.9 Å². The average Bonchev–Trinajstić information content (AvgIpc) is 2.49. The molecule has 0 aliphatic carbocycles. The quantitative estimate of drug-likeness (QED) is 0.512. The SMILES string of the molecule is C=C/C=C(\C=C)NC(=S)N(C)[C@H](CC(C)C)C(=O)C(C)CC. The van der Waals surface area contributed by atoms with Crippen molar-refractivity contribution in [3.63, 3.8) is 0 Å². The van der Waals surface area contributed by atoms with Gasteiger partial charge in [0.2, 0.25) is 0 Å². The third-order valence-corrected chi connectivity index (χ3v) is 4.07. The van der Waals surface area contributed by atoms with Gasteiger partial charge in [-0.05, 0) is 43.1 Å². The Kier molecular flexibility index (Phi) is 9.66. The summed E-state index contributed by atoms with van der Waals surface area (Å²) in [6.45, 7) is 15.7. The van der Waals surface area contributed by atoms with Gasteiger partial charge in [0.05, 0.1) is 6.04 Å². The highest BCUT2D eigenvalue weighted by atomic mass is 32.1. The molecular formula is C18H30N2OS. The molecule has 0 bridgehead atoms. The number of hydrogen-bond donors (Lipinski definition) is 1. The number of Topliss-reactive ketones (excluding diaryl/α,β-unsaturated/α-hetero) is 1. The lowest BCUT2D eigenvalue weighted by molar-refractivity contribution is -0.126. The van der Waals surface area contributed by atoms with Crippen molar-refractivity contribution in [1.82, 2.24) is 10.2 Å². The van der Waals surface area contributed by atoms with Gasteiger partial charge in [-0.1, -0.05) is 46.9 Å². The highest BCUT2D eigenvalue weighted by Crippen LogP contribution is 2.17. The van der Waals surface area contributed by atoms with Crippen LogP contribution in [0.4, 0.5) is 0 Å². The van der Waals surface area contributed by atoms with E-state index in [-0.39, 0.29) is 17.7 Å². The van der Waals surface area contributed by atoms with Crippen molar-refractivity contribution in [1.29, 1.82) is 0 Å². The summed E-state index contributed by atoms with van der Waals surface area (Å²) in [6, 6.07) is -0.204. The highest BCUT2D eigenvalue weighted by Gasteiger charge is 2.28. The van der Waals surface area contributed by atoms with E-state index in [1.54, 1.807) is 18.2 Å². The Morgan fingerprint density at radius 2 is 1.91 bits per heavy atom. The molecule has 0 aromatic rings. The Hall–Kier alpha value is -1.42. The fraction of sp³-hybridized carbons (Fsp3) is 0.556. The van der Waals surface area contributed by atoms with Crippen molar-refractivity contribution in [2.75, 3.05) is 7.05 Å². The van der Waals surface area contributed by atoms with Gasteiger partial charge in [0.1, 0.15) is 0 Å². The highest BCUT2D eigenvalue weighted by molar-refractivity contribution is 7.80. The van der Waals surface area contributed by atoms with Crippen LogP contribution in [0.15, 0.2) is 37.1 Å². The first-order valence-corrected chi connectivity index (χ1v) is 8.21. The van der Waals surface area contributed by atoms with E-state index >= 15 is 0 Å². The molecule has 0 saturated heterocycles. The second-order valence-electron chi connectivity index (χ2n) is 5.96. The summed E-state index contributed by atoms with van der Waals surface area (Å²) >= 11 is 5.44. The van der Waals surface area contributed by atoms with Crippen molar-refractivity contribution in [3.05, 3.63) is 37.1 Å². The lowest BCUT2D eigenvalue weighted by Crippen LogP contribution is -2.48. The lowest BCUT2D eigenvalue weighted by atomic mass is 9.91. The molecule has 0 radical (unpaired) electrons. The van der Waals surface area contributed by atoms with Gasteiger partial charge in [0.25, 0.3) is 0 Å². The zero-order valence-electron chi connectivity index (χ0n) is 14.6. The summed E-state index contributed by atoms with van der Waals surface area (Å²) in [6.07, 6.45) is 6.77. The normalized spacial score (nSPS) is 14.2. The van der Waals surface area contributed by atoms with Crippen LogP contribution in [0.3, 0.4) is 0 Å². The van der Waals surface area contributed by atoms with Crippen LogP contribution in [0.25, 0.3) is 0 Å². The molecule has 0 rings (SSSR count). The topological polar surface area (TPSA) is 32.3 Å². The number of nitrogens with zero attached hydrogens (tertiary/aromatic N) is 1. The number of nitrogens with one attached hydrogen (secondary N) is 1. The molecular weight excluding hydrogens is 292 g/mol. The first-order chi connectivity index (χ1) is 10.3. The van der Waals surface area contributed by atoms with Crippen LogP contribution in [0.2, 0.25) is 0 Å². The van der Waals surface area contributed by atoms with Gasteiger partial charge in [0, 0.05) is 18.7 Å². The Labute approximate surface area is 141 Å². The standard InChI is InChI=1S/C18H30N2OS/c1-8-11-15(10-3)19-18(22)20(7)16(12-13(4)5)17(21)14(6)9-2/h8,10-11,13-14,16H,1,3,9,12H2,2,4-7H3,(H,19,22)/b15-11+/t14?,16-/m1/s1. The van der Waals surface area contributed by atoms with Crippen LogP contribution >= 0.6 is 12.2 Å². The van der Waals surface area contributed by atoms with E-state index in [9.17, 15) is 4.79 Å². The summed E-state index contributed by atoms with van der Waals surface area (Å²) in [5.41, 5.74) is 0.770. The molecule has 0 amide bonds. The molecule has 0 aromatic heterocycles. The first-order valence-electron chi connectivity index (χ1n) is 7.81. The third kappa shape index (κ3) is 6.56. The minimum Gasteiger partial charge on any atom is -0.342 e. The maximum Gasteiger partial charge on any atom is 0.173 e. The molecule has 3 nitrogen and oxygen atoms in total. The van der Waals surface area contributed by atoms with Gasteiger partial charge in [-0.15, -0.1) is 0 Å². The number of carbonyl (C=O) groups is 1. The van der Waals surface area contributed by atoms with Crippen molar-refractivity contribution in [2.45, 2.75) is 46.6 Å². The largest absolute Gasteiger partial charge is 0.342 e. The number of allylic oxidation sites excluding steroid dienone is 3. The van der Waals surface area contributed by atoms with Gasteiger partial charge >= 0.3 is 0 Å². The van der Waals surface area contributed by atoms with E-state index in [1.807, 2.05) is 25.8 Å². The van der Waals surface area contributed by atoms with E-state index in [0.29, 0.717) is 11.0 Å². The molecule has 0 aliphatic heterocycles. The summed E-state index contributed by atoms with van der Waals surface area (Å²) in [5.74, 6) is 0.707. The van der Waals surface area contributed by atoms with Crippen molar-refractivity contribution < 1.29 is 4.79 Å². The van der Waals surface area contributed by atoms with Gasteiger partial charge in [-0.2, -0.15) is 0 Å². The predicted octanol–water partition coefficient (Wildman–Crippen LogP) is 4.08. The fourth-order valence-corrected chi connectivity index (χ4v) is 2.33. The molecule has 0 aromatic carbocycles. The number of ketones is 1. The molecule has 124 valence electrons. The molecule has 0 fully saturated rings. The monoisotopic (exact) mass is 322 g/mol. The Bertz CT molecular complexity index is 440. The lowest BCUT2D eigenvalue weighted by Gasteiger charge is -2.32. The Morgan fingerprint density at radius 3 is 2.32 bits per heavy atom. The molecule has 22 heavy (non-hydrogen) atoms. The molecule has 0 heterocycles. The Morgan fingerprint density at radius 1 is 1.32 bits per heavy atom. The van der Waals surface area contributed by atoms with Crippen LogP contribution in [0.1, 0.15) is 40.5 Å². The second-order valence-corrected chi connectivity index (χ2v) is 6.35. The summed E-state index contributed by atoms with van der Waals surface area (Å²) < 4.78 is 0. The molecule has 0 aliphatic rings. The number of hydrogen-bond acceptors (Lipinski definition) is 2. The zero-order valence-corrected chi connectivity index (χ0v) is 15.4. The smallest absolute Gasteiger partial charge is 0.173 e. The van der Waals surface area contributed by atoms with Crippen molar-refractivity contribution >= 4 is 23.1 Å². The van der Waals surface area contributed by atoms with Gasteiger partial charge in [0.15, 0.2) is 10.9 Å². The van der Waals surface area contributed by atoms with Gasteiger partial charge in [-0.25, -0.2) is 0 Å². The zero-order chi connectivity index (χ0) is 17.3. The fourth-order valence-electron chi connectivity index (χ4n) is 2.08. The van der Waals surface area contributed by atoms with Gasteiger partial charge < -0.3 is 10.2 Å². The maximum atomic E-state index is 12.7. The summed E-state index contributed by atoms with van der Waals surface area (Å²) in [4.78, 5) is 14.5. The van der Waals surface area contributed by atoms with E-state index in [0.717, 1.165) is 18.5 Å². The molecule has 1 N–H and O–H groups in total. The minimum atomic E-state index is -0.204. The minimum absolute atomic E-state index is 0.0385. The molecule has 1 unspecified atom stereocenters. The molecule has 0 saturated carbocycles. The predicted molar refractivity (Wildman–Crippen MR) is 99.7 cm³/mol. The molecule has 4 heteroatoms. The number of carbonyl (C=O) groups excluding carboxylic acids is 1. The van der Waals surface area contributed by atoms with E-state index < -0.39 is 0 Å². The molecule has 2 atom stereocenters. The van der Waals surface area contributed by atoms with Crippen molar-refractivity contribution in [2.24, 2.45) is 11.8 Å². The van der Waals surface area contributed by atoms with Gasteiger partial charge in [-0.3, -0.25) is 4.79 Å². The van der Waals surface area contributed by atoms with Crippen LogP contribution in [-0.2, 0) is 4.79 Å². The second kappa shape index (κ2) is 10.3. The Balaban J connectivity index is 5.17. The average molecular weight is 323 g/mol. The van der Waals surface area contributed by atoms with Crippen LogP contribution in [0, 0.1) is 11.8 Å². The van der Waals surface area contributed by atoms with E-state index in [1.165, 1.54) is 0 Å². The third-order valence-electron chi connectivity index (χ3n) is 3.68. The summed E-state index contributed by atoms with van der Waals surface area (Å²) in [5, 5.41) is 3.63. The van der Waals surface area contributed by atoms with E-state index in [4.69, 9.17) is 12.2 Å².